The van der Waals surface area contributed by atoms with Gasteiger partial charge in [-0.2, -0.15) is 0 Å². The van der Waals surface area contributed by atoms with Crippen molar-refractivity contribution in [3.05, 3.63) is 64.2 Å². The maximum Gasteiger partial charge on any atom is 0.325 e. The van der Waals surface area contributed by atoms with Crippen LogP contribution in [0.1, 0.15) is 29.5 Å². The second kappa shape index (κ2) is 6.95. The van der Waals surface area contributed by atoms with Gasteiger partial charge in [-0.15, -0.1) is 0 Å². The summed E-state index contributed by atoms with van der Waals surface area (Å²) < 4.78 is 0. The van der Waals surface area contributed by atoms with Gasteiger partial charge in [-0.3, -0.25) is 14.5 Å². The van der Waals surface area contributed by atoms with Crippen LogP contribution in [0.25, 0.3) is 0 Å². The van der Waals surface area contributed by atoms with Crippen molar-refractivity contribution < 1.29 is 14.4 Å². The fourth-order valence-electron chi connectivity index (χ4n) is 4.02. The van der Waals surface area contributed by atoms with Crippen LogP contribution < -0.4 is 10.6 Å². The summed E-state index contributed by atoms with van der Waals surface area (Å²) in [6, 6.07) is 12.3. The van der Waals surface area contributed by atoms with Crippen molar-refractivity contribution in [2.24, 2.45) is 0 Å². The predicted molar refractivity (Wildman–Crippen MR) is 106 cm³/mol. The third kappa shape index (κ3) is 3.03. The van der Waals surface area contributed by atoms with Gasteiger partial charge in [-0.25, -0.2) is 4.79 Å². The lowest BCUT2D eigenvalue weighted by atomic mass is 9.76. The van der Waals surface area contributed by atoms with Crippen LogP contribution in [-0.2, 0) is 21.5 Å². The van der Waals surface area contributed by atoms with Gasteiger partial charge in [-0.05, 0) is 55.0 Å². The smallest absolute Gasteiger partial charge is 0.324 e. The lowest BCUT2D eigenvalue weighted by Crippen LogP contribution is -2.47. The van der Waals surface area contributed by atoms with E-state index in [1.54, 1.807) is 18.2 Å². The lowest BCUT2D eigenvalue weighted by Gasteiger charge is -2.33. The Kier molecular flexibility index (Phi) is 4.59. The summed E-state index contributed by atoms with van der Waals surface area (Å²) in [5.74, 6) is -0.822. The third-order valence-electron chi connectivity index (χ3n) is 5.43. The first-order valence-electron chi connectivity index (χ1n) is 9.19. The molecule has 0 unspecified atom stereocenters. The Labute approximate surface area is 167 Å². The number of benzene rings is 2. The Hall–Kier alpha value is -2.86. The summed E-state index contributed by atoms with van der Waals surface area (Å²) in [7, 11) is 0. The SMILES string of the molecule is Cc1ccc(Cl)cc1NC(=O)CN1C(=O)N[C@]2(CCCc3ccccc32)C1=O. The minimum Gasteiger partial charge on any atom is -0.324 e. The molecule has 1 atom stereocenters. The van der Waals surface area contributed by atoms with Gasteiger partial charge < -0.3 is 10.6 Å². The van der Waals surface area contributed by atoms with Crippen LogP contribution in [0.15, 0.2) is 42.5 Å². The Morgan fingerprint density at radius 2 is 2.04 bits per heavy atom. The van der Waals surface area contributed by atoms with Crippen LogP contribution in [0, 0.1) is 6.92 Å². The second-order valence-corrected chi connectivity index (χ2v) is 7.68. The highest BCUT2D eigenvalue weighted by atomic mass is 35.5. The molecule has 2 aromatic carbocycles. The number of urea groups is 1. The molecule has 28 heavy (non-hydrogen) atoms. The molecular weight excluding hydrogens is 378 g/mol. The minimum absolute atomic E-state index is 0.347. The molecule has 1 spiro atoms. The summed E-state index contributed by atoms with van der Waals surface area (Å²) in [5, 5.41) is 6.08. The van der Waals surface area contributed by atoms with E-state index in [0.717, 1.165) is 34.4 Å². The van der Waals surface area contributed by atoms with E-state index in [1.807, 2.05) is 31.2 Å². The summed E-state index contributed by atoms with van der Waals surface area (Å²) in [4.78, 5) is 39.3. The van der Waals surface area contributed by atoms with E-state index in [-0.39, 0.29) is 12.5 Å². The number of imide groups is 1. The van der Waals surface area contributed by atoms with Gasteiger partial charge in [0, 0.05) is 10.7 Å². The molecule has 144 valence electrons. The van der Waals surface area contributed by atoms with Crippen LogP contribution in [0.2, 0.25) is 5.02 Å². The van der Waals surface area contributed by atoms with E-state index in [4.69, 9.17) is 11.6 Å². The fourth-order valence-corrected chi connectivity index (χ4v) is 4.19. The summed E-state index contributed by atoms with van der Waals surface area (Å²) in [6.07, 6.45) is 2.19. The van der Waals surface area contributed by atoms with Crippen molar-refractivity contribution in [3.63, 3.8) is 0 Å². The van der Waals surface area contributed by atoms with Crippen LogP contribution in [-0.4, -0.2) is 29.3 Å². The molecule has 4 rings (SSSR count). The largest absolute Gasteiger partial charge is 0.325 e. The average Bonchev–Trinajstić information content (AvgIpc) is 2.90. The molecule has 1 aliphatic heterocycles. The first-order valence-corrected chi connectivity index (χ1v) is 9.57. The molecule has 1 aliphatic carbocycles. The van der Waals surface area contributed by atoms with E-state index in [1.165, 1.54) is 0 Å². The van der Waals surface area contributed by atoms with Gasteiger partial charge in [0.15, 0.2) is 0 Å². The number of nitrogens with zero attached hydrogens (tertiary/aromatic N) is 1. The molecular formula is C21H20ClN3O3. The number of hydrogen-bond acceptors (Lipinski definition) is 3. The summed E-state index contributed by atoms with van der Waals surface area (Å²) in [6.45, 7) is 1.49. The first kappa shape index (κ1) is 18.5. The summed E-state index contributed by atoms with van der Waals surface area (Å²) >= 11 is 5.98. The lowest BCUT2D eigenvalue weighted by molar-refractivity contribution is -0.134. The van der Waals surface area contributed by atoms with Gasteiger partial charge in [0.2, 0.25) is 5.91 Å². The zero-order chi connectivity index (χ0) is 19.9. The molecule has 4 amide bonds. The number of nitrogens with one attached hydrogen (secondary N) is 2. The van der Waals surface area contributed by atoms with E-state index < -0.39 is 17.5 Å². The van der Waals surface area contributed by atoms with Crippen molar-refractivity contribution in [2.45, 2.75) is 31.7 Å². The second-order valence-electron chi connectivity index (χ2n) is 7.24. The Morgan fingerprint density at radius 3 is 2.86 bits per heavy atom. The van der Waals surface area contributed by atoms with Crippen molar-refractivity contribution in [1.82, 2.24) is 10.2 Å². The number of fused-ring (bicyclic) bond motifs is 2. The van der Waals surface area contributed by atoms with Gasteiger partial charge >= 0.3 is 6.03 Å². The molecule has 0 bridgehead atoms. The molecule has 0 radical (unpaired) electrons. The number of carbonyl (C=O) groups is 3. The number of amides is 4. The zero-order valence-electron chi connectivity index (χ0n) is 15.4. The predicted octanol–water partition coefficient (Wildman–Crippen LogP) is 3.37. The molecule has 1 saturated heterocycles. The number of hydrogen-bond donors (Lipinski definition) is 2. The van der Waals surface area contributed by atoms with E-state index >= 15 is 0 Å². The van der Waals surface area contributed by atoms with E-state index in [0.29, 0.717) is 17.1 Å². The van der Waals surface area contributed by atoms with Gasteiger partial charge in [0.25, 0.3) is 5.91 Å². The van der Waals surface area contributed by atoms with Crippen LogP contribution >= 0.6 is 11.6 Å². The molecule has 1 fully saturated rings. The first-order chi connectivity index (χ1) is 13.4. The van der Waals surface area contributed by atoms with Gasteiger partial charge in [0.1, 0.15) is 12.1 Å². The Bertz CT molecular complexity index is 991. The Morgan fingerprint density at radius 1 is 1.25 bits per heavy atom. The van der Waals surface area contributed by atoms with Crippen molar-refractivity contribution in [2.75, 3.05) is 11.9 Å². The zero-order valence-corrected chi connectivity index (χ0v) is 16.2. The highest BCUT2D eigenvalue weighted by Gasteiger charge is 2.54. The molecule has 2 aromatic rings. The minimum atomic E-state index is -1.07. The summed E-state index contributed by atoms with van der Waals surface area (Å²) in [5.41, 5.74) is 2.21. The highest BCUT2D eigenvalue weighted by molar-refractivity contribution is 6.31. The van der Waals surface area contributed by atoms with Crippen LogP contribution in [0.4, 0.5) is 10.5 Å². The maximum atomic E-state index is 13.2. The van der Waals surface area contributed by atoms with Crippen molar-refractivity contribution in [3.8, 4) is 0 Å². The molecule has 2 aliphatic rings. The molecule has 2 N–H and O–H groups in total. The topological polar surface area (TPSA) is 78.5 Å². The number of halogens is 1. The quantitative estimate of drug-likeness (QED) is 0.779. The molecule has 7 heteroatoms. The standard InChI is InChI=1S/C21H20ClN3O3/c1-13-8-9-15(22)11-17(13)23-18(26)12-25-19(27)21(24-20(25)28)10-4-6-14-5-2-3-7-16(14)21/h2-3,5,7-9,11H,4,6,10,12H2,1H3,(H,23,26)(H,24,28)/t21-/m0/s1. The van der Waals surface area contributed by atoms with E-state index in [9.17, 15) is 14.4 Å². The van der Waals surface area contributed by atoms with Crippen molar-refractivity contribution in [1.29, 1.82) is 0 Å². The monoisotopic (exact) mass is 397 g/mol. The average molecular weight is 398 g/mol. The van der Waals surface area contributed by atoms with Crippen LogP contribution in [0.3, 0.4) is 0 Å². The van der Waals surface area contributed by atoms with Gasteiger partial charge in [0.05, 0.1) is 0 Å². The molecule has 6 nitrogen and oxygen atoms in total. The number of carbonyl (C=O) groups excluding carboxylic acids is 3. The maximum absolute atomic E-state index is 13.2. The highest BCUT2D eigenvalue weighted by Crippen LogP contribution is 2.39. The molecule has 1 heterocycles. The fraction of sp³-hybridized carbons (Fsp3) is 0.286. The molecule has 0 saturated carbocycles. The van der Waals surface area contributed by atoms with Crippen LogP contribution in [0.5, 0.6) is 0 Å². The number of anilines is 1. The number of rotatable bonds is 3. The van der Waals surface area contributed by atoms with Crippen molar-refractivity contribution >= 4 is 35.1 Å². The molecule has 0 aromatic heterocycles. The van der Waals surface area contributed by atoms with E-state index in [2.05, 4.69) is 10.6 Å². The number of aryl methyl sites for hydroxylation is 2. The normalized spacial score (nSPS) is 20.9. The third-order valence-corrected chi connectivity index (χ3v) is 5.66. The van der Waals surface area contributed by atoms with Gasteiger partial charge in [-0.1, -0.05) is 41.9 Å². The Balaban J connectivity index is 1.56.